The molecule has 0 saturated heterocycles. The van der Waals surface area contributed by atoms with E-state index in [-0.39, 0.29) is 11.5 Å². The maximum absolute atomic E-state index is 9.15. The molecule has 1 aromatic carbocycles. The first-order valence-electron chi connectivity index (χ1n) is 3.39. The largest absolute Gasteiger partial charge is 0.504 e. The van der Waals surface area contributed by atoms with Crippen molar-refractivity contribution in [1.29, 1.82) is 0 Å². The minimum absolute atomic E-state index is 0.157. The third-order valence-corrected chi connectivity index (χ3v) is 1.28. The Kier molecular flexibility index (Phi) is 2.21. The zero-order chi connectivity index (χ0) is 8.27. The molecule has 3 heteroatoms. The molecule has 0 atom stereocenters. The summed E-state index contributed by atoms with van der Waals surface area (Å²) in [6, 6.07) is 4.61. The van der Waals surface area contributed by atoms with E-state index in [2.05, 4.69) is 0 Å². The first-order valence-corrected chi connectivity index (χ1v) is 3.39. The molecule has 0 fully saturated rings. The van der Waals surface area contributed by atoms with Crippen LogP contribution in [0.25, 0.3) is 0 Å². The van der Waals surface area contributed by atoms with Crippen molar-refractivity contribution in [1.82, 2.24) is 0 Å². The molecule has 0 unspecified atom stereocenters. The van der Waals surface area contributed by atoms with Crippen LogP contribution < -0.4 is 4.74 Å². The van der Waals surface area contributed by atoms with Gasteiger partial charge < -0.3 is 14.9 Å². The zero-order valence-electron chi connectivity index (χ0n) is 6.24. The fourth-order valence-corrected chi connectivity index (χ4v) is 0.783. The number of phenolic OH excluding ortho intramolecular Hbond substituents is 2. The van der Waals surface area contributed by atoms with Crippen molar-refractivity contribution in [2.24, 2.45) is 0 Å². The van der Waals surface area contributed by atoms with E-state index in [1.165, 1.54) is 6.07 Å². The molecular formula is C8H10O3. The number of para-hydroxylation sites is 1. The molecular weight excluding hydrogens is 144 g/mol. The van der Waals surface area contributed by atoms with Crippen LogP contribution >= 0.6 is 0 Å². The lowest BCUT2D eigenvalue weighted by atomic mass is 10.3. The number of aromatic hydroxyl groups is 2. The van der Waals surface area contributed by atoms with E-state index in [0.717, 1.165) is 0 Å². The third-order valence-electron chi connectivity index (χ3n) is 1.28. The van der Waals surface area contributed by atoms with Crippen LogP contribution in [0.5, 0.6) is 17.2 Å². The molecule has 0 bridgehead atoms. The predicted octanol–water partition coefficient (Wildman–Crippen LogP) is 1.50. The Bertz CT molecular complexity index is 245. The zero-order valence-corrected chi connectivity index (χ0v) is 6.24. The molecule has 1 rings (SSSR count). The van der Waals surface area contributed by atoms with Crippen molar-refractivity contribution < 1.29 is 14.9 Å². The van der Waals surface area contributed by atoms with E-state index >= 15 is 0 Å². The summed E-state index contributed by atoms with van der Waals surface area (Å²) in [6.45, 7) is 2.28. The summed E-state index contributed by atoms with van der Waals surface area (Å²) in [5.74, 6) is -0.0437. The highest BCUT2D eigenvalue weighted by atomic mass is 16.5. The van der Waals surface area contributed by atoms with Gasteiger partial charge in [-0.2, -0.15) is 0 Å². The van der Waals surface area contributed by atoms with E-state index in [1.54, 1.807) is 12.1 Å². The second-order valence-electron chi connectivity index (χ2n) is 2.06. The molecule has 0 aliphatic rings. The lowest BCUT2D eigenvalue weighted by Gasteiger charge is -2.05. The van der Waals surface area contributed by atoms with Gasteiger partial charge in [0, 0.05) is 0 Å². The fraction of sp³-hybridized carbons (Fsp3) is 0.250. The standard InChI is InChI=1S/C8H10O3/c1-2-11-7-5-3-4-6(9)8(7)10/h3-5,9-10H,2H2,1H3. The van der Waals surface area contributed by atoms with Crippen molar-refractivity contribution in [3.8, 4) is 17.2 Å². The Labute approximate surface area is 64.9 Å². The summed E-state index contributed by atoms with van der Waals surface area (Å²) in [5, 5.41) is 18.2. The van der Waals surface area contributed by atoms with Crippen LogP contribution in [0.4, 0.5) is 0 Å². The quantitative estimate of drug-likeness (QED) is 0.634. The third kappa shape index (κ3) is 1.55. The molecule has 0 heterocycles. The maximum Gasteiger partial charge on any atom is 0.200 e. The lowest BCUT2D eigenvalue weighted by Crippen LogP contribution is -1.90. The van der Waals surface area contributed by atoms with Crippen molar-refractivity contribution in [3.05, 3.63) is 18.2 Å². The van der Waals surface area contributed by atoms with Gasteiger partial charge in [0.15, 0.2) is 11.5 Å². The minimum atomic E-state index is -0.200. The van der Waals surface area contributed by atoms with Gasteiger partial charge >= 0.3 is 0 Å². The van der Waals surface area contributed by atoms with Gasteiger partial charge in [-0.05, 0) is 19.1 Å². The van der Waals surface area contributed by atoms with Crippen molar-refractivity contribution in [2.75, 3.05) is 6.61 Å². The van der Waals surface area contributed by atoms with E-state index < -0.39 is 0 Å². The highest BCUT2D eigenvalue weighted by Crippen LogP contribution is 2.34. The van der Waals surface area contributed by atoms with Crippen LogP contribution in [0.15, 0.2) is 18.2 Å². The number of ether oxygens (including phenoxy) is 1. The van der Waals surface area contributed by atoms with E-state index in [0.29, 0.717) is 12.4 Å². The molecule has 0 spiro atoms. The number of hydrogen-bond donors (Lipinski definition) is 2. The van der Waals surface area contributed by atoms with Gasteiger partial charge in [-0.15, -0.1) is 0 Å². The predicted molar refractivity (Wildman–Crippen MR) is 40.9 cm³/mol. The molecule has 1 aromatic rings. The topological polar surface area (TPSA) is 49.7 Å². The molecule has 0 amide bonds. The molecule has 0 aliphatic carbocycles. The second-order valence-corrected chi connectivity index (χ2v) is 2.06. The molecule has 2 N–H and O–H groups in total. The molecule has 3 nitrogen and oxygen atoms in total. The van der Waals surface area contributed by atoms with Crippen LogP contribution in [0.1, 0.15) is 6.92 Å². The average molecular weight is 154 g/mol. The summed E-state index contributed by atoms with van der Waals surface area (Å²) >= 11 is 0. The fourth-order valence-electron chi connectivity index (χ4n) is 0.783. The smallest absolute Gasteiger partial charge is 0.200 e. The summed E-state index contributed by atoms with van der Waals surface area (Å²) < 4.78 is 5.01. The Morgan fingerprint density at radius 3 is 2.73 bits per heavy atom. The second kappa shape index (κ2) is 3.14. The number of rotatable bonds is 2. The highest BCUT2D eigenvalue weighted by Gasteiger charge is 2.04. The van der Waals surface area contributed by atoms with Crippen LogP contribution in [-0.2, 0) is 0 Å². The van der Waals surface area contributed by atoms with Crippen LogP contribution in [0, 0.1) is 0 Å². The average Bonchev–Trinajstić information content (AvgIpc) is 1.99. The van der Waals surface area contributed by atoms with Gasteiger partial charge in [0.05, 0.1) is 6.61 Å². The minimum Gasteiger partial charge on any atom is -0.504 e. The monoisotopic (exact) mass is 154 g/mol. The van der Waals surface area contributed by atoms with Crippen LogP contribution in [0.3, 0.4) is 0 Å². The van der Waals surface area contributed by atoms with Gasteiger partial charge in [-0.1, -0.05) is 6.07 Å². The first kappa shape index (κ1) is 7.72. The van der Waals surface area contributed by atoms with E-state index in [4.69, 9.17) is 14.9 Å². The SMILES string of the molecule is CCOc1cccc(O)c1O. The van der Waals surface area contributed by atoms with Crippen molar-refractivity contribution in [3.63, 3.8) is 0 Å². The number of phenols is 2. The Balaban J connectivity index is 2.96. The Hall–Kier alpha value is -1.38. The molecule has 60 valence electrons. The van der Waals surface area contributed by atoms with E-state index in [1.807, 2.05) is 6.92 Å². The number of hydrogen-bond acceptors (Lipinski definition) is 3. The van der Waals surface area contributed by atoms with Crippen LogP contribution in [-0.4, -0.2) is 16.8 Å². The van der Waals surface area contributed by atoms with Crippen molar-refractivity contribution >= 4 is 0 Å². The first-order chi connectivity index (χ1) is 5.25. The summed E-state index contributed by atoms with van der Waals surface area (Å²) in [7, 11) is 0. The summed E-state index contributed by atoms with van der Waals surface area (Å²) in [4.78, 5) is 0. The van der Waals surface area contributed by atoms with Gasteiger partial charge in [0.2, 0.25) is 5.75 Å². The van der Waals surface area contributed by atoms with Gasteiger partial charge in [0.25, 0.3) is 0 Å². The summed E-state index contributed by atoms with van der Waals surface area (Å²) in [5.41, 5.74) is 0. The highest BCUT2D eigenvalue weighted by molar-refractivity contribution is 5.48. The maximum atomic E-state index is 9.15. The normalized spacial score (nSPS) is 9.55. The van der Waals surface area contributed by atoms with Crippen molar-refractivity contribution in [2.45, 2.75) is 6.92 Å². The van der Waals surface area contributed by atoms with Crippen LogP contribution in [0.2, 0.25) is 0 Å². The lowest BCUT2D eigenvalue weighted by molar-refractivity contribution is 0.309. The summed E-state index contributed by atoms with van der Waals surface area (Å²) in [6.07, 6.45) is 0. The Morgan fingerprint density at radius 2 is 2.09 bits per heavy atom. The molecule has 11 heavy (non-hydrogen) atoms. The molecule has 0 radical (unpaired) electrons. The molecule has 0 saturated carbocycles. The Morgan fingerprint density at radius 1 is 1.36 bits per heavy atom. The van der Waals surface area contributed by atoms with E-state index in [9.17, 15) is 0 Å². The van der Waals surface area contributed by atoms with Gasteiger partial charge in [0.1, 0.15) is 0 Å². The molecule has 0 aromatic heterocycles. The van der Waals surface area contributed by atoms with Gasteiger partial charge in [-0.25, -0.2) is 0 Å². The number of benzene rings is 1. The van der Waals surface area contributed by atoms with Gasteiger partial charge in [-0.3, -0.25) is 0 Å². The molecule has 0 aliphatic heterocycles.